The second-order valence-corrected chi connectivity index (χ2v) is 12.8. The molecular weight excluding hydrogens is 556 g/mol. The Hall–Kier alpha value is -3.78. The topological polar surface area (TPSA) is 24.7 Å². The fraction of sp³-hybridized carbons (Fsp3) is 0.409. The van der Waals surface area contributed by atoms with Gasteiger partial charge in [0.15, 0.2) is 0 Å². The van der Waals surface area contributed by atoms with E-state index in [2.05, 4.69) is 120 Å². The molecule has 0 saturated heterocycles. The average Bonchev–Trinajstić information content (AvgIpc) is 3.08. The van der Waals surface area contributed by atoms with Gasteiger partial charge >= 0.3 is 0 Å². The van der Waals surface area contributed by atoms with E-state index in [1.807, 2.05) is 6.21 Å². The van der Waals surface area contributed by atoms with Gasteiger partial charge in [-0.05, 0) is 115 Å². The first-order chi connectivity index (χ1) is 22.5. The Balaban J connectivity index is 1.62. The molecule has 0 radical (unpaired) electrons. The monoisotopic (exact) mass is 612 g/mol. The molecule has 0 fully saturated rings. The summed E-state index contributed by atoms with van der Waals surface area (Å²) in [4.78, 5) is 10.1. The predicted molar refractivity (Wildman–Crippen MR) is 204 cm³/mol. The molecule has 0 amide bonds. The van der Waals surface area contributed by atoms with Crippen LogP contribution in [0.3, 0.4) is 0 Å². The molecule has 2 nitrogen and oxygen atoms in total. The summed E-state index contributed by atoms with van der Waals surface area (Å²) in [6, 6.07) is 30.8. The largest absolute Gasteiger partial charge is 0.255 e. The molecule has 0 atom stereocenters. The third kappa shape index (κ3) is 10.4. The molecule has 0 heterocycles. The summed E-state index contributed by atoms with van der Waals surface area (Å²) in [5.74, 6) is 0. The summed E-state index contributed by atoms with van der Waals surface area (Å²) in [6.45, 7) is 11.2. The molecule has 0 aromatic heterocycles. The number of aryl methyl sites for hydroxylation is 3. The van der Waals surface area contributed by atoms with Gasteiger partial charge < -0.3 is 0 Å². The van der Waals surface area contributed by atoms with Crippen molar-refractivity contribution in [2.75, 3.05) is 0 Å². The maximum atomic E-state index is 5.10. The molecule has 0 unspecified atom stereocenters. The first-order valence-electron chi connectivity index (χ1n) is 18.0. The van der Waals surface area contributed by atoms with Crippen molar-refractivity contribution < 1.29 is 0 Å². The summed E-state index contributed by atoms with van der Waals surface area (Å²) in [6.07, 6.45) is 18.0. The average molecular weight is 613 g/mol. The van der Waals surface area contributed by atoms with Gasteiger partial charge in [0.1, 0.15) is 0 Å². The number of benzene rings is 4. The predicted octanol–water partition coefficient (Wildman–Crippen LogP) is 13.4. The van der Waals surface area contributed by atoms with E-state index >= 15 is 0 Å². The van der Waals surface area contributed by atoms with Crippen molar-refractivity contribution in [3.63, 3.8) is 0 Å². The maximum absolute atomic E-state index is 5.10. The second-order valence-electron chi connectivity index (χ2n) is 12.8. The number of hydrogen-bond acceptors (Lipinski definition) is 2. The van der Waals surface area contributed by atoms with Gasteiger partial charge in [-0.3, -0.25) is 9.98 Å². The highest BCUT2D eigenvalue weighted by atomic mass is 14.8. The van der Waals surface area contributed by atoms with E-state index < -0.39 is 0 Å². The van der Waals surface area contributed by atoms with E-state index in [0.717, 1.165) is 36.3 Å². The quantitative estimate of drug-likeness (QED) is 0.0789. The fourth-order valence-corrected chi connectivity index (χ4v) is 6.51. The Morgan fingerprint density at radius 1 is 0.587 bits per heavy atom. The zero-order valence-electron chi connectivity index (χ0n) is 29.2. The van der Waals surface area contributed by atoms with Gasteiger partial charge in [0.05, 0.1) is 17.1 Å². The lowest BCUT2D eigenvalue weighted by molar-refractivity contribution is 0.607. The van der Waals surface area contributed by atoms with Gasteiger partial charge in [0.2, 0.25) is 0 Å². The van der Waals surface area contributed by atoms with Crippen LogP contribution in [0.5, 0.6) is 0 Å². The van der Waals surface area contributed by atoms with Crippen LogP contribution in [-0.4, -0.2) is 11.9 Å². The molecule has 0 aliphatic carbocycles. The van der Waals surface area contributed by atoms with E-state index in [0.29, 0.717) is 0 Å². The maximum Gasteiger partial charge on any atom is 0.0639 e. The molecule has 4 aromatic rings. The van der Waals surface area contributed by atoms with E-state index in [9.17, 15) is 0 Å². The van der Waals surface area contributed by atoms with Gasteiger partial charge in [0.25, 0.3) is 0 Å². The molecule has 2 heteroatoms. The zero-order chi connectivity index (χ0) is 32.6. The summed E-state index contributed by atoms with van der Waals surface area (Å²) in [7, 11) is 0. The summed E-state index contributed by atoms with van der Waals surface area (Å²) in [5, 5.41) is 0. The molecular formula is C44H56N2. The van der Waals surface area contributed by atoms with Gasteiger partial charge in [-0.15, -0.1) is 0 Å². The van der Waals surface area contributed by atoms with Crippen LogP contribution in [0.4, 0.5) is 11.4 Å². The van der Waals surface area contributed by atoms with Crippen molar-refractivity contribution in [1.29, 1.82) is 0 Å². The molecule has 0 saturated carbocycles. The van der Waals surface area contributed by atoms with Crippen LogP contribution in [0, 0.1) is 6.92 Å². The van der Waals surface area contributed by atoms with Crippen LogP contribution in [-0.2, 0) is 19.3 Å². The van der Waals surface area contributed by atoms with Crippen molar-refractivity contribution in [3.05, 3.63) is 107 Å². The van der Waals surface area contributed by atoms with Crippen LogP contribution in [0.2, 0.25) is 0 Å². The van der Waals surface area contributed by atoms with Gasteiger partial charge in [0, 0.05) is 6.21 Å². The molecule has 46 heavy (non-hydrogen) atoms. The lowest BCUT2D eigenvalue weighted by atomic mass is 9.89. The highest BCUT2D eigenvalue weighted by Gasteiger charge is 2.13. The highest BCUT2D eigenvalue weighted by Crippen LogP contribution is 2.34. The fourth-order valence-electron chi connectivity index (χ4n) is 6.51. The Labute approximate surface area is 280 Å². The normalized spacial score (nSPS) is 11.9. The highest BCUT2D eigenvalue weighted by molar-refractivity contribution is 6.30. The van der Waals surface area contributed by atoms with Crippen LogP contribution in [0.1, 0.15) is 114 Å². The van der Waals surface area contributed by atoms with Crippen LogP contribution in [0.15, 0.2) is 94.9 Å². The van der Waals surface area contributed by atoms with E-state index in [1.165, 1.54) is 109 Å². The van der Waals surface area contributed by atoms with E-state index in [-0.39, 0.29) is 0 Å². The Morgan fingerprint density at radius 2 is 1.13 bits per heavy atom. The summed E-state index contributed by atoms with van der Waals surface area (Å²) >= 11 is 0. The summed E-state index contributed by atoms with van der Waals surface area (Å²) in [5.41, 5.74) is 13.8. The van der Waals surface area contributed by atoms with Gasteiger partial charge in [-0.25, -0.2) is 0 Å². The molecule has 4 rings (SSSR count). The SMILES string of the molecule is CCCCCCCCc1cc(N=CC(C)=Nc2cc(CC)c(-c3ccccc3)c(CCCCCC)c2)cc(-c2ccccc2)c1C. The van der Waals surface area contributed by atoms with Crippen LogP contribution in [0.25, 0.3) is 22.3 Å². The van der Waals surface area contributed by atoms with Crippen LogP contribution < -0.4 is 0 Å². The molecule has 0 N–H and O–H groups in total. The molecule has 242 valence electrons. The molecule has 0 aliphatic rings. The Morgan fingerprint density at radius 3 is 1.78 bits per heavy atom. The zero-order valence-corrected chi connectivity index (χ0v) is 29.2. The minimum atomic E-state index is 0.922. The second kappa shape index (κ2) is 19.0. The number of unbranched alkanes of at least 4 members (excludes halogenated alkanes) is 8. The first kappa shape index (κ1) is 35.1. The Bertz CT molecular complexity index is 1550. The minimum Gasteiger partial charge on any atom is -0.255 e. The van der Waals surface area contributed by atoms with E-state index in [4.69, 9.17) is 9.98 Å². The molecule has 0 spiro atoms. The number of rotatable bonds is 18. The first-order valence-corrected chi connectivity index (χ1v) is 18.0. The minimum absolute atomic E-state index is 0.922. The molecule has 4 aromatic carbocycles. The van der Waals surface area contributed by atoms with Crippen LogP contribution >= 0.6 is 0 Å². The number of nitrogens with zero attached hydrogens (tertiary/aromatic N) is 2. The number of hydrogen-bond donors (Lipinski definition) is 0. The third-order valence-corrected chi connectivity index (χ3v) is 9.12. The third-order valence-electron chi connectivity index (χ3n) is 9.12. The van der Waals surface area contributed by atoms with Crippen molar-refractivity contribution in [3.8, 4) is 22.3 Å². The standard InChI is InChI=1S/C44H56N2/c1-6-9-11-13-14-18-27-39-30-41(32-43(35(39)5)37-23-19-15-20-24-37)45-33-34(4)46-42-29-36(8-3)44(38-25-21-16-22-26-38)40(31-42)28-17-12-10-7-2/h15-16,19-26,29-33H,6-14,17-18,27-28H2,1-5H3. The summed E-state index contributed by atoms with van der Waals surface area (Å²) < 4.78 is 0. The van der Waals surface area contributed by atoms with Gasteiger partial charge in [-0.2, -0.15) is 0 Å². The van der Waals surface area contributed by atoms with E-state index in [1.54, 1.807) is 0 Å². The Kier molecular flexibility index (Phi) is 14.5. The lowest BCUT2D eigenvalue weighted by Crippen LogP contribution is -1.98. The van der Waals surface area contributed by atoms with Crippen molar-refractivity contribution >= 4 is 23.3 Å². The van der Waals surface area contributed by atoms with Crippen molar-refractivity contribution in [1.82, 2.24) is 0 Å². The van der Waals surface area contributed by atoms with Crippen molar-refractivity contribution in [2.24, 2.45) is 9.98 Å². The molecule has 0 bridgehead atoms. The number of aliphatic imine (C=N–C) groups is 2. The van der Waals surface area contributed by atoms with Gasteiger partial charge in [-0.1, -0.05) is 133 Å². The lowest BCUT2D eigenvalue weighted by Gasteiger charge is -2.16. The smallest absolute Gasteiger partial charge is 0.0639 e. The molecule has 0 aliphatic heterocycles. The van der Waals surface area contributed by atoms with Crippen molar-refractivity contribution in [2.45, 2.75) is 118 Å².